The van der Waals surface area contributed by atoms with E-state index in [-0.39, 0.29) is 0 Å². The zero-order valence-corrected chi connectivity index (χ0v) is 12.9. The molecule has 1 aromatic carbocycles. The van der Waals surface area contributed by atoms with Crippen LogP contribution in [0.1, 0.15) is 38.4 Å². The molecule has 4 heteroatoms. The molecule has 2 heterocycles. The fourth-order valence-electron chi connectivity index (χ4n) is 2.91. The molecule has 2 aromatic rings. The Hall–Kier alpha value is -1.97. The summed E-state index contributed by atoms with van der Waals surface area (Å²) in [6.45, 7) is 7.53. The Balaban J connectivity index is 1.67. The molecule has 1 aliphatic heterocycles. The van der Waals surface area contributed by atoms with Crippen LogP contribution in [0.25, 0.3) is 0 Å². The van der Waals surface area contributed by atoms with E-state index >= 15 is 0 Å². The Morgan fingerprint density at radius 2 is 2.05 bits per heavy atom. The van der Waals surface area contributed by atoms with Crippen LogP contribution in [-0.2, 0) is 6.54 Å². The maximum atomic E-state index is 4.25. The molecule has 21 heavy (non-hydrogen) atoms. The molecule has 0 radical (unpaired) electrons. The van der Waals surface area contributed by atoms with Crippen LogP contribution >= 0.6 is 0 Å². The number of aromatic nitrogens is 2. The van der Waals surface area contributed by atoms with Crippen molar-refractivity contribution in [2.45, 2.75) is 39.3 Å². The van der Waals surface area contributed by atoms with Gasteiger partial charge in [-0.15, -0.1) is 0 Å². The van der Waals surface area contributed by atoms with E-state index in [1.807, 2.05) is 12.5 Å². The van der Waals surface area contributed by atoms with Gasteiger partial charge in [-0.25, -0.2) is 4.98 Å². The minimum absolute atomic E-state index is 0.445. The summed E-state index contributed by atoms with van der Waals surface area (Å²) in [7, 11) is 0. The fraction of sp³-hybridized carbons (Fsp3) is 0.471. The van der Waals surface area contributed by atoms with Crippen LogP contribution in [0, 0.1) is 0 Å². The number of anilines is 2. The van der Waals surface area contributed by atoms with Crippen LogP contribution in [-0.4, -0.2) is 22.6 Å². The van der Waals surface area contributed by atoms with Crippen LogP contribution < -0.4 is 10.2 Å². The van der Waals surface area contributed by atoms with Crippen molar-refractivity contribution in [3.05, 3.63) is 42.5 Å². The van der Waals surface area contributed by atoms with Gasteiger partial charge in [-0.05, 0) is 44.9 Å². The molecule has 112 valence electrons. The molecule has 1 N–H and O–H groups in total. The van der Waals surface area contributed by atoms with Gasteiger partial charge >= 0.3 is 0 Å². The summed E-state index contributed by atoms with van der Waals surface area (Å²) in [5.41, 5.74) is 3.72. The van der Waals surface area contributed by atoms with Gasteiger partial charge in [0.25, 0.3) is 0 Å². The molecule has 1 aromatic heterocycles. The number of benzene rings is 1. The van der Waals surface area contributed by atoms with Gasteiger partial charge in [0, 0.05) is 36.7 Å². The molecule has 0 atom stereocenters. The first kappa shape index (κ1) is 14.0. The van der Waals surface area contributed by atoms with Gasteiger partial charge in [0.2, 0.25) is 0 Å². The molecule has 4 nitrogen and oxygen atoms in total. The van der Waals surface area contributed by atoms with Crippen LogP contribution in [0.15, 0.2) is 36.8 Å². The Labute approximate surface area is 126 Å². The molecule has 3 rings (SSSR count). The van der Waals surface area contributed by atoms with E-state index in [0.717, 1.165) is 6.54 Å². The maximum Gasteiger partial charge on any atom is 0.0951 e. The highest BCUT2D eigenvalue weighted by Crippen LogP contribution is 2.23. The molecule has 0 spiro atoms. The van der Waals surface area contributed by atoms with Crippen molar-refractivity contribution >= 4 is 11.4 Å². The lowest BCUT2D eigenvalue weighted by Crippen LogP contribution is -2.17. The molecule has 0 aliphatic carbocycles. The zero-order chi connectivity index (χ0) is 14.7. The van der Waals surface area contributed by atoms with Crippen molar-refractivity contribution < 1.29 is 0 Å². The first-order valence-electron chi connectivity index (χ1n) is 7.83. The molecule has 0 amide bonds. The molecular formula is C17H24N4. The summed E-state index contributed by atoms with van der Waals surface area (Å²) >= 11 is 0. The summed E-state index contributed by atoms with van der Waals surface area (Å²) in [5, 5.41) is 3.52. The number of nitrogens with zero attached hydrogens (tertiary/aromatic N) is 3. The number of rotatable bonds is 5. The van der Waals surface area contributed by atoms with E-state index in [2.05, 4.69) is 57.9 Å². The van der Waals surface area contributed by atoms with E-state index in [4.69, 9.17) is 0 Å². The number of nitrogens with one attached hydrogen (secondary N) is 1. The van der Waals surface area contributed by atoms with Gasteiger partial charge in [-0.3, -0.25) is 0 Å². The second kappa shape index (κ2) is 6.20. The van der Waals surface area contributed by atoms with Crippen molar-refractivity contribution in [2.24, 2.45) is 0 Å². The van der Waals surface area contributed by atoms with Crippen LogP contribution in [0.2, 0.25) is 0 Å². The fourth-order valence-corrected chi connectivity index (χ4v) is 2.91. The van der Waals surface area contributed by atoms with Crippen LogP contribution in [0.5, 0.6) is 0 Å². The molecular weight excluding hydrogens is 260 g/mol. The van der Waals surface area contributed by atoms with E-state index in [1.54, 1.807) is 0 Å². The van der Waals surface area contributed by atoms with Gasteiger partial charge < -0.3 is 14.8 Å². The van der Waals surface area contributed by atoms with Crippen LogP contribution in [0.4, 0.5) is 11.4 Å². The van der Waals surface area contributed by atoms with Gasteiger partial charge in [0.15, 0.2) is 0 Å². The molecule has 1 aliphatic rings. The second-order valence-electron chi connectivity index (χ2n) is 5.98. The molecule has 0 saturated carbocycles. The minimum Gasteiger partial charge on any atom is -0.379 e. The Kier molecular flexibility index (Phi) is 4.13. The number of imidazole rings is 1. The third-order valence-corrected chi connectivity index (χ3v) is 4.09. The van der Waals surface area contributed by atoms with E-state index in [9.17, 15) is 0 Å². The number of hydrogen-bond donors (Lipinski definition) is 1. The highest BCUT2D eigenvalue weighted by Gasteiger charge is 2.12. The van der Waals surface area contributed by atoms with Crippen molar-refractivity contribution in [3.8, 4) is 0 Å². The third kappa shape index (κ3) is 3.20. The molecule has 0 unspecified atom stereocenters. The van der Waals surface area contributed by atoms with Gasteiger partial charge in [0.1, 0.15) is 0 Å². The highest BCUT2D eigenvalue weighted by atomic mass is 15.1. The summed E-state index contributed by atoms with van der Waals surface area (Å²) in [4.78, 5) is 6.71. The lowest BCUT2D eigenvalue weighted by atomic mass is 10.2. The number of hydrogen-bond acceptors (Lipinski definition) is 3. The van der Waals surface area contributed by atoms with E-state index < -0.39 is 0 Å². The molecule has 1 saturated heterocycles. The zero-order valence-electron chi connectivity index (χ0n) is 12.9. The second-order valence-corrected chi connectivity index (χ2v) is 5.98. The van der Waals surface area contributed by atoms with Crippen molar-refractivity contribution in [2.75, 3.05) is 23.3 Å². The molecule has 1 fully saturated rings. The van der Waals surface area contributed by atoms with E-state index in [1.165, 1.54) is 43.0 Å². The normalized spacial score (nSPS) is 14.9. The predicted molar refractivity (Wildman–Crippen MR) is 87.8 cm³/mol. The largest absolute Gasteiger partial charge is 0.379 e. The van der Waals surface area contributed by atoms with Gasteiger partial charge in [-0.2, -0.15) is 0 Å². The monoisotopic (exact) mass is 284 g/mol. The smallest absolute Gasteiger partial charge is 0.0951 e. The Morgan fingerprint density at radius 3 is 2.81 bits per heavy atom. The topological polar surface area (TPSA) is 33.1 Å². The average Bonchev–Trinajstić information content (AvgIpc) is 3.16. The lowest BCUT2D eigenvalue weighted by Gasteiger charge is -2.19. The first-order chi connectivity index (χ1) is 10.2. The SMILES string of the molecule is CC(C)n1cncc1CNc1cccc(N2CCCC2)c1. The quantitative estimate of drug-likeness (QED) is 0.909. The first-order valence-corrected chi connectivity index (χ1v) is 7.83. The summed E-state index contributed by atoms with van der Waals surface area (Å²) in [5.74, 6) is 0. The van der Waals surface area contributed by atoms with Crippen molar-refractivity contribution in [1.82, 2.24) is 9.55 Å². The Morgan fingerprint density at radius 1 is 1.24 bits per heavy atom. The molecule has 0 bridgehead atoms. The van der Waals surface area contributed by atoms with Crippen LogP contribution in [0.3, 0.4) is 0 Å². The lowest BCUT2D eigenvalue weighted by molar-refractivity contribution is 0.577. The third-order valence-electron chi connectivity index (χ3n) is 4.09. The summed E-state index contributed by atoms with van der Waals surface area (Å²) < 4.78 is 2.21. The standard InChI is InChI=1S/C17H24N4/c1-14(2)21-13-18-11-17(21)12-19-15-6-5-7-16(10-15)20-8-3-4-9-20/h5-7,10-11,13-14,19H,3-4,8-9,12H2,1-2H3. The van der Waals surface area contributed by atoms with Gasteiger partial charge in [0.05, 0.1) is 18.6 Å². The minimum atomic E-state index is 0.445. The van der Waals surface area contributed by atoms with Gasteiger partial charge in [-0.1, -0.05) is 6.07 Å². The predicted octanol–water partition coefficient (Wildman–Crippen LogP) is 3.68. The maximum absolute atomic E-state index is 4.25. The van der Waals surface area contributed by atoms with Crippen molar-refractivity contribution in [1.29, 1.82) is 0 Å². The van der Waals surface area contributed by atoms with E-state index in [0.29, 0.717) is 6.04 Å². The summed E-state index contributed by atoms with van der Waals surface area (Å²) in [6.07, 6.45) is 6.47. The average molecular weight is 284 g/mol. The highest BCUT2D eigenvalue weighted by molar-refractivity contribution is 5.58. The Bertz CT molecular complexity index is 582. The van der Waals surface area contributed by atoms with Crippen molar-refractivity contribution in [3.63, 3.8) is 0 Å². The summed E-state index contributed by atoms with van der Waals surface area (Å²) in [6, 6.07) is 9.17.